The first-order valence-electron chi connectivity index (χ1n) is 9.38. The van der Waals surface area contributed by atoms with Gasteiger partial charge in [0.15, 0.2) is 0 Å². The average molecular weight is 443 g/mol. The zero-order chi connectivity index (χ0) is 22.5. The van der Waals surface area contributed by atoms with Crippen LogP contribution in [0.3, 0.4) is 0 Å². The SMILES string of the molecule is CCCOC(=O)c1ccc(N2C(=O)C(Cl)=C(Nc3cccc(C(=O)OC)c3)C2=O)cc1. The molecule has 1 aliphatic rings. The molecule has 0 atom stereocenters. The van der Waals surface area contributed by atoms with Crippen LogP contribution in [-0.2, 0) is 19.1 Å². The van der Waals surface area contributed by atoms with Crippen molar-refractivity contribution in [3.8, 4) is 0 Å². The Kier molecular flexibility index (Phi) is 6.71. The van der Waals surface area contributed by atoms with Crippen molar-refractivity contribution >= 4 is 46.7 Å². The minimum Gasteiger partial charge on any atom is -0.465 e. The van der Waals surface area contributed by atoms with E-state index in [1.807, 2.05) is 6.92 Å². The van der Waals surface area contributed by atoms with Gasteiger partial charge < -0.3 is 14.8 Å². The highest BCUT2D eigenvalue weighted by molar-refractivity contribution is 6.53. The molecule has 0 unspecified atom stereocenters. The summed E-state index contributed by atoms with van der Waals surface area (Å²) in [6, 6.07) is 12.1. The van der Waals surface area contributed by atoms with Gasteiger partial charge in [-0.05, 0) is 48.9 Å². The van der Waals surface area contributed by atoms with Gasteiger partial charge in [-0.15, -0.1) is 0 Å². The van der Waals surface area contributed by atoms with Crippen LogP contribution in [0.2, 0.25) is 0 Å². The molecule has 3 rings (SSSR count). The Hall–Kier alpha value is -3.65. The number of esters is 2. The molecule has 0 aliphatic carbocycles. The van der Waals surface area contributed by atoms with Gasteiger partial charge in [0.05, 0.1) is 30.5 Å². The summed E-state index contributed by atoms with van der Waals surface area (Å²) in [7, 11) is 1.26. The molecule has 0 saturated heterocycles. The van der Waals surface area contributed by atoms with Gasteiger partial charge in [-0.2, -0.15) is 0 Å². The van der Waals surface area contributed by atoms with Crippen LogP contribution in [0.4, 0.5) is 11.4 Å². The molecule has 8 nitrogen and oxygen atoms in total. The van der Waals surface area contributed by atoms with Crippen LogP contribution in [-0.4, -0.2) is 37.5 Å². The number of hydrogen-bond donors (Lipinski definition) is 1. The van der Waals surface area contributed by atoms with Crippen LogP contribution in [0.15, 0.2) is 59.3 Å². The van der Waals surface area contributed by atoms with Gasteiger partial charge in [0.2, 0.25) is 0 Å². The Morgan fingerprint density at radius 3 is 2.35 bits per heavy atom. The average Bonchev–Trinajstić information content (AvgIpc) is 3.00. The summed E-state index contributed by atoms with van der Waals surface area (Å²) in [6.07, 6.45) is 0.698. The van der Waals surface area contributed by atoms with E-state index in [4.69, 9.17) is 16.3 Å². The number of imide groups is 1. The van der Waals surface area contributed by atoms with Crippen LogP contribution >= 0.6 is 11.6 Å². The monoisotopic (exact) mass is 442 g/mol. The normalized spacial score (nSPS) is 13.5. The minimum absolute atomic E-state index is 0.125. The zero-order valence-electron chi connectivity index (χ0n) is 16.8. The predicted molar refractivity (Wildman–Crippen MR) is 114 cm³/mol. The predicted octanol–water partition coefficient (Wildman–Crippen LogP) is 3.48. The fourth-order valence-electron chi connectivity index (χ4n) is 2.86. The Balaban J connectivity index is 1.80. The molecule has 160 valence electrons. The van der Waals surface area contributed by atoms with E-state index >= 15 is 0 Å². The lowest BCUT2D eigenvalue weighted by Gasteiger charge is -2.15. The molecule has 2 amide bonds. The second-order valence-electron chi connectivity index (χ2n) is 6.51. The molecule has 0 radical (unpaired) electrons. The van der Waals surface area contributed by atoms with E-state index in [1.165, 1.54) is 37.4 Å². The van der Waals surface area contributed by atoms with Crippen molar-refractivity contribution in [1.82, 2.24) is 0 Å². The van der Waals surface area contributed by atoms with Gasteiger partial charge in [-0.1, -0.05) is 24.6 Å². The third-order valence-corrected chi connectivity index (χ3v) is 4.73. The maximum Gasteiger partial charge on any atom is 0.338 e. The van der Waals surface area contributed by atoms with Crippen molar-refractivity contribution in [2.45, 2.75) is 13.3 Å². The molecule has 0 saturated carbocycles. The number of nitrogens with zero attached hydrogens (tertiary/aromatic N) is 1. The van der Waals surface area contributed by atoms with Crippen molar-refractivity contribution < 1.29 is 28.7 Å². The quantitative estimate of drug-likeness (QED) is 0.517. The van der Waals surface area contributed by atoms with E-state index in [9.17, 15) is 19.2 Å². The summed E-state index contributed by atoms with van der Waals surface area (Å²) in [5.74, 6) is -2.41. The molecule has 9 heteroatoms. The van der Waals surface area contributed by atoms with Crippen LogP contribution in [0.1, 0.15) is 34.1 Å². The van der Waals surface area contributed by atoms with Gasteiger partial charge in [0.1, 0.15) is 10.7 Å². The third kappa shape index (κ3) is 4.59. The fourth-order valence-corrected chi connectivity index (χ4v) is 3.07. The second kappa shape index (κ2) is 9.44. The number of anilines is 2. The first kappa shape index (κ1) is 22.0. The number of carbonyl (C=O) groups is 4. The molecule has 0 bridgehead atoms. The lowest BCUT2D eigenvalue weighted by molar-refractivity contribution is -0.120. The summed E-state index contributed by atoms with van der Waals surface area (Å²) in [5.41, 5.74) is 1.07. The Morgan fingerprint density at radius 2 is 1.71 bits per heavy atom. The number of nitrogens with one attached hydrogen (secondary N) is 1. The van der Waals surface area contributed by atoms with E-state index in [-0.39, 0.29) is 22.0 Å². The third-order valence-electron chi connectivity index (χ3n) is 4.38. The summed E-state index contributed by atoms with van der Waals surface area (Å²) < 4.78 is 9.74. The molecule has 0 spiro atoms. The Bertz CT molecular complexity index is 1080. The summed E-state index contributed by atoms with van der Waals surface area (Å²) >= 11 is 6.13. The number of hydrogen-bond acceptors (Lipinski definition) is 7. The molecule has 0 fully saturated rings. The number of rotatable bonds is 7. The molecule has 1 aliphatic heterocycles. The highest BCUT2D eigenvalue weighted by Gasteiger charge is 2.39. The number of benzene rings is 2. The van der Waals surface area contributed by atoms with Gasteiger partial charge in [0.25, 0.3) is 11.8 Å². The van der Waals surface area contributed by atoms with Crippen LogP contribution < -0.4 is 10.2 Å². The number of methoxy groups -OCH3 is 1. The van der Waals surface area contributed by atoms with Gasteiger partial charge in [-0.25, -0.2) is 14.5 Å². The summed E-state index contributed by atoms with van der Waals surface area (Å²) in [6.45, 7) is 2.18. The van der Waals surface area contributed by atoms with Crippen LogP contribution in [0.25, 0.3) is 0 Å². The van der Waals surface area contributed by atoms with Crippen LogP contribution in [0, 0.1) is 0 Å². The molecule has 1 heterocycles. The van der Waals surface area contributed by atoms with Crippen LogP contribution in [0.5, 0.6) is 0 Å². The molecular formula is C22H19ClN2O6. The van der Waals surface area contributed by atoms with Crippen molar-refractivity contribution in [2.24, 2.45) is 0 Å². The van der Waals surface area contributed by atoms with E-state index in [1.54, 1.807) is 18.2 Å². The van der Waals surface area contributed by atoms with Gasteiger partial charge in [0, 0.05) is 5.69 Å². The molecule has 31 heavy (non-hydrogen) atoms. The molecular weight excluding hydrogens is 424 g/mol. The topological polar surface area (TPSA) is 102 Å². The van der Waals surface area contributed by atoms with Crippen molar-refractivity contribution in [3.63, 3.8) is 0 Å². The number of halogens is 1. The Morgan fingerprint density at radius 1 is 1.00 bits per heavy atom. The van der Waals surface area contributed by atoms with Crippen molar-refractivity contribution in [2.75, 3.05) is 23.9 Å². The first-order chi connectivity index (χ1) is 14.9. The standard InChI is InChI=1S/C22H19ClN2O6/c1-3-11-31-22(29)13-7-9-16(10-8-13)25-19(26)17(23)18(20(25)27)24-15-6-4-5-14(12-15)21(28)30-2/h4-10,12,24H,3,11H2,1-2H3. The number of carbonyl (C=O) groups excluding carboxylic acids is 4. The van der Waals surface area contributed by atoms with E-state index < -0.39 is 23.8 Å². The van der Waals surface area contributed by atoms with Crippen molar-refractivity contribution in [3.05, 3.63) is 70.4 Å². The maximum absolute atomic E-state index is 12.9. The highest BCUT2D eigenvalue weighted by Crippen LogP contribution is 2.30. The molecule has 1 N–H and O–H groups in total. The molecule has 0 aromatic heterocycles. The van der Waals surface area contributed by atoms with Crippen molar-refractivity contribution in [1.29, 1.82) is 0 Å². The molecule has 2 aromatic rings. The zero-order valence-corrected chi connectivity index (χ0v) is 17.6. The van der Waals surface area contributed by atoms with E-state index in [0.717, 1.165) is 4.90 Å². The minimum atomic E-state index is -0.709. The molecule has 2 aromatic carbocycles. The maximum atomic E-state index is 12.9. The lowest BCUT2D eigenvalue weighted by atomic mass is 10.2. The smallest absolute Gasteiger partial charge is 0.338 e. The second-order valence-corrected chi connectivity index (χ2v) is 6.89. The van der Waals surface area contributed by atoms with Gasteiger partial charge >= 0.3 is 11.9 Å². The number of ether oxygens (including phenoxy) is 2. The largest absolute Gasteiger partial charge is 0.465 e. The highest BCUT2D eigenvalue weighted by atomic mass is 35.5. The Labute approximate surface area is 183 Å². The fraction of sp³-hybridized carbons (Fsp3) is 0.182. The summed E-state index contributed by atoms with van der Waals surface area (Å²) in [4.78, 5) is 50.0. The van der Waals surface area contributed by atoms with E-state index in [2.05, 4.69) is 10.1 Å². The lowest BCUT2D eigenvalue weighted by Crippen LogP contribution is -2.32. The first-order valence-corrected chi connectivity index (χ1v) is 9.76. The summed E-state index contributed by atoms with van der Waals surface area (Å²) in [5, 5.41) is 2.50. The van der Waals surface area contributed by atoms with Gasteiger partial charge in [-0.3, -0.25) is 9.59 Å². The number of amides is 2. The van der Waals surface area contributed by atoms with E-state index in [0.29, 0.717) is 24.3 Å².